The molecule has 0 unspecified atom stereocenters. The maximum atomic E-state index is 13.8. The molecule has 1 saturated carbocycles. The van der Waals surface area contributed by atoms with Crippen molar-refractivity contribution in [1.29, 1.82) is 0 Å². The van der Waals surface area contributed by atoms with Crippen LogP contribution in [0.2, 0.25) is 0 Å². The first-order valence-electron chi connectivity index (χ1n) is 14.3. The Labute approximate surface area is 244 Å². The Morgan fingerprint density at radius 3 is 2.49 bits per heavy atom. The third-order valence-corrected chi connectivity index (χ3v) is 8.41. The SMILES string of the molecule is CO[C@@H]1[C@@H](n2cc(-c3cc(F)c(F)c(F)c3)nn2)[C@@H](O)[C@@H](CO)O[C@@H]1Cc1cc(C2CCN(C(=O)NC3CC3)CC2)on1. The molecule has 2 amide bonds. The van der Waals surface area contributed by atoms with Crippen LogP contribution in [0, 0.1) is 17.5 Å². The highest BCUT2D eigenvalue weighted by Gasteiger charge is 2.47. The molecule has 0 spiro atoms. The molecule has 4 heterocycles. The lowest BCUT2D eigenvalue weighted by atomic mass is 9.89. The number of aliphatic hydroxyl groups excluding tert-OH is 2. The van der Waals surface area contributed by atoms with Crippen LogP contribution in [0.25, 0.3) is 11.3 Å². The summed E-state index contributed by atoms with van der Waals surface area (Å²) in [5.74, 6) is -3.53. The molecule has 5 atom stereocenters. The molecular formula is C28H33F3N6O6. The molecule has 12 nitrogen and oxygen atoms in total. The maximum Gasteiger partial charge on any atom is 0.317 e. The second-order valence-electron chi connectivity index (χ2n) is 11.3. The molecule has 2 aliphatic heterocycles. The van der Waals surface area contributed by atoms with E-state index in [9.17, 15) is 28.2 Å². The van der Waals surface area contributed by atoms with Crippen LogP contribution in [-0.4, -0.2) is 98.6 Å². The minimum atomic E-state index is -1.60. The van der Waals surface area contributed by atoms with Gasteiger partial charge in [0.25, 0.3) is 0 Å². The van der Waals surface area contributed by atoms with Crippen LogP contribution in [0.4, 0.5) is 18.0 Å². The molecule has 0 radical (unpaired) electrons. The Kier molecular flexibility index (Phi) is 8.40. The van der Waals surface area contributed by atoms with Gasteiger partial charge in [0, 0.05) is 50.2 Å². The fourth-order valence-electron chi connectivity index (χ4n) is 5.87. The van der Waals surface area contributed by atoms with Crippen LogP contribution in [-0.2, 0) is 15.9 Å². The van der Waals surface area contributed by atoms with Gasteiger partial charge in [-0.05, 0) is 37.8 Å². The number of ether oxygens (including phenoxy) is 2. The van der Waals surface area contributed by atoms with E-state index < -0.39 is 54.5 Å². The summed E-state index contributed by atoms with van der Waals surface area (Å²) in [5.41, 5.74) is 0.581. The maximum absolute atomic E-state index is 13.8. The molecule has 3 aromatic rings. The lowest BCUT2D eigenvalue weighted by molar-refractivity contribution is -0.212. The first-order chi connectivity index (χ1) is 20.7. The smallest absolute Gasteiger partial charge is 0.317 e. The number of rotatable bonds is 8. The number of likely N-dealkylation sites (tertiary alicyclic amines) is 1. The quantitative estimate of drug-likeness (QED) is 0.329. The minimum absolute atomic E-state index is 0.0223. The van der Waals surface area contributed by atoms with Crippen molar-refractivity contribution < 1.29 is 42.2 Å². The summed E-state index contributed by atoms with van der Waals surface area (Å²) in [4.78, 5) is 14.2. The monoisotopic (exact) mass is 606 g/mol. The predicted molar refractivity (Wildman–Crippen MR) is 142 cm³/mol. The van der Waals surface area contributed by atoms with E-state index in [1.54, 1.807) is 0 Å². The zero-order valence-electron chi connectivity index (χ0n) is 23.4. The summed E-state index contributed by atoms with van der Waals surface area (Å²) in [5, 5.41) is 36.3. The van der Waals surface area contributed by atoms with Crippen LogP contribution in [0.1, 0.15) is 49.1 Å². The zero-order chi connectivity index (χ0) is 30.2. The molecule has 3 aliphatic rings. The van der Waals surface area contributed by atoms with E-state index in [2.05, 4.69) is 20.8 Å². The number of nitrogens with one attached hydrogen (secondary N) is 1. The summed E-state index contributed by atoms with van der Waals surface area (Å²) in [6.07, 6.45) is 1.34. The van der Waals surface area contributed by atoms with Gasteiger partial charge in [-0.15, -0.1) is 5.10 Å². The van der Waals surface area contributed by atoms with Gasteiger partial charge >= 0.3 is 6.03 Å². The van der Waals surface area contributed by atoms with Crippen LogP contribution < -0.4 is 5.32 Å². The first-order valence-corrected chi connectivity index (χ1v) is 14.3. The fraction of sp³-hybridized carbons (Fsp3) is 0.571. The van der Waals surface area contributed by atoms with Crippen LogP contribution in [0.5, 0.6) is 0 Å². The van der Waals surface area contributed by atoms with Crippen molar-refractivity contribution in [3.63, 3.8) is 0 Å². The van der Waals surface area contributed by atoms with Crippen molar-refractivity contribution in [1.82, 2.24) is 30.4 Å². The number of nitrogens with zero attached hydrogens (tertiary/aromatic N) is 5. The van der Waals surface area contributed by atoms with Crippen LogP contribution >= 0.6 is 0 Å². The second kappa shape index (κ2) is 12.2. The van der Waals surface area contributed by atoms with Crippen molar-refractivity contribution in [2.75, 3.05) is 26.8 Å². The molecule has 1 aliphatic carbocycles. The van der Waals surface area contributed by atoms with Gasteiger partial charge in [-0.1, -0.05) is 10.4 Å². The number of carbonyl (C=O) groups is 1. The molecule has 43 heavy (non-hydrogen) atoms. The predicted octanol–water partition coefficient (Wildman–Crippen LogP) is 2.32. The number of benzene rings is 1. The van der Waals surface area contributed by atoms with E-state index >= 15 is 0 Å². The number of amides is 2. The summed E-state index contributed by atoms with van der Waals surface area (Å²) in [6, 6.07) is 2.83. The van der Waals surface area contributed by atoms with E-state index in [0.717, 1.165) is 37.8 Å². The van der Waals surface area contributed by atoms with E-state index in [1.165, 1.54) is 18.0 Å². The molecule has 6 rings (SSSR count). The van der Waals surface area contributed by atoms with Crippen LogP contribution in [0.3, 0.4) is 0 Å². The normalized spacial score (nSPS) is 26.6. The highest BCUT2D eigenvalue weighted by atomic mass is 19.2. The van der Waals surface area contributed by atoms with E-state index in [4.69, 9.17) is 14.0 Å². The Balaban J connectivity index is 1.16. The summed E-state index contributed by atoms with van der Waals surface area (Å²) < 4.78 is 59.8. The van der Waals surface area contributed by atoms with Crippen molar-refractivity contribution in [3.05, 3.63) is 53.3 Å². The second-order valence-corrected chi connectivity index (χ2v) is 11.3. The third kappa shape index (κ3) is 6.12. The number of carbonyl (C=O) groups excluding carboxylic acids is 1. The third-order valence-electron chi connectivity index (χ3n) is 8.41. The summed E-state index contributed by atoms with van der Waals surface area (Å²) in [7, 11) is 1.43. The summed E-state index contributed by atoms with van der Waals surface area (Å²) in [6.45, 7) is 0.731. The standard InChI is InChI=1S/C28H33F3N6O6/c1-41-27-22(11-17-10-21(43-34-17)14-4-6-36(7-5-14)28(40)32-16-2-3-16)42-23(13-38)26(39)25(27)37-12-20(33-35-37)15-8-18(29)24(31)19(30)9-15/h8-10,12,14,16,22-23,25-27,38-39H,2-7,11,13H2,1H3,(H,32,40)/t22-,23-,25+,26+,27+/m1/s1. The lowest BCUT2D eigenvalue weighted by Crippen LogP contribution is -2.57. The number of hydrogen-bond donors (Lipinski definition) is 3. The molecule has 0 bridgehead atoms. The molecule has 232 valence electrons. The van der Waals surface area contributed by atoms with Crippen molar-refractivity contribution in [3.8, 4) is 11.3 Å². The highest BCUT2D eigenvalue weighted by Crippen LogP contribution is 2.35. The van der Waals surface area contributed by atoms with Gasteiger partial charge in [-0.3, -0.25) is 0 Å². The van der Waals surface area contributed by atoms with Gasteiger partial charge in [0.2, 0.25) is 0 Å². The first kappa shape index (κ1) is 29.5. The molecule has 3 fully saturated rings. The number of halogens is 3. The number of urea groups is 1. The number of aromatic nitrogens is 4. The molecule has 2 saturated heterocycles. The lowest BCUT2D eigenvalue weighted by Gasteiger charge is -2.43. The molecule has 15 heteroatoms. The Morgan fingerprint density at radius 2 is 1.84 bits per heavy atom. The van der Waals surface area contributed by atoms with Crippen molar-refractivity contribution >= 4 is 6.03 Å². The average molecular weight is 607 g/mol. The minimum Gasteiger partial charge on any atom is -0.394 e. The number of aliphatic hydroxyl groups is 2. The van der Waals surface area contributed by atoms with Gasteiger partial charge in [0.05, 0.1) is 24.6 Å². The topological polar surface area (TPSA) is 148 Å². The van der Waals surface area contributed by atoms with Gasteiger partial charge in [-0.2, -0.15) is 0 Å². The zero-order valence-corrected chi connectivity index (χ0v) is 23.4. The Hall–Kier alpha value is -3.53. The van der Waals surface area contributed by atoms with Crippen molar-refractivity contribution in [2.45, 2.75) is 74.5 Å². The Bertz CT molecular complexity index is 1420. The molecule has 2 aromatic heterocycles. The average Bonchev–Trinajstić information content (AvgIpc) is 3.47. The largest absolute Gasteiger partial charge is 0.394 e. The fourth-order valence-corrected chi connectivity index (χ4v) is 5.87. The van der Waals surface area contributed by atoms with Crippen LogP contribution in [0.15, 0.2) is 28.9 Å². The summed E-state index contributed by atoms with van der Waals surface area (Å²) >= 11 is 0. The number of hydrogen-bond acceptors (Lipinski definition) is 9. The Morgan fingerprint density at radius 1 is 1.12 bits per heavy atom. The van der Waals surface area contributed by atoms with E-state index in [1.807, 2.05) is 11.0 Å². The number of methoxy groups -OCH3 is 1. The molecule has 1 aromatic carbocycles. The van der Waals surface area contributed by atoms with E-state index in [-0.39, 0.29) is 29.6 Å². The van der Waals surface area contributed by atoms with Crippen molar-refractivity contribution in [2.24, 2.45) is 0 Å². The highest BCUT2D eigenvalue weighted by molar-refractivity contribution is 5.75. The van der Waals surface area contributed by atoms with Gasteiger partial charge in [0.1, 0.15) is 35.8 Å². The van der Waals surface area contributed by atoms with Gasteiger partial charge in [0.15, 0.2) is 17.5 Å². The molecule has 3 N–H and O–H groups in total. The van der Waals surface area contributed by atoms with Gasteiger partial charge < -0.3 is 34.4 Å². The molecular weight excluding hydrogens is 573 g/mol. The van der Waals surface area contributed by atoms with Gasteiger partial charge in [-0.25, -0.2) is 22.6 Å². The van der Waals surface area contributed by atoms with E-state index in [0.29, 0.717) is 30.6 Å². The number of piperidine rings is 1.